The summed E-state index contributed by atoms with van der Waals surface area (Å²) >= 11 is 0. The van der Waals surface area contributed by atoms with Gasteiger partial charge in [0.25, 0.3) is 0 Å². The molecule has 0 saturated carbocycles. The van der Waals surface area contributed by atoms with E-state index in [1.54, 1.807) is 30.6 Å². The van der Waals surface area contributed by atoms with E-state index in [4.69, 9.17) is 4.74 Å². The van der Waals surface area contributed by atoms with Crippen LogP contribution in [-0.2, 0) is 21.3 Å². The Morgan fingerprint density at radius 1 is 1.19 bits per heavy atom. The van der Waals surface area contributed by atoms with Crippen molar-refractivity contribution < 1.29 is 13.2 Å². The van der Waals surface area contributed by atoms with Crippen LogP contribution >= 0.6 is 0 Å². The largest absolute Gasteiger partial charge is 0.383 e. The maximum atomic E-state index is 13.1. The number of guanidine groups is 1. The molecule has 0 spiro atoms. The predicted molar refractivity (Wildman–Crippen MR) is 103 cm³/mol. The Morgan fingerprint density at radius 3 is 2.54 bits per heavy atom. The molecule has 0 bridgehead atoms. The number of ether oxygens (including phenoxy) is 1. The van der Waals surface area contributed by atoms with Crippen molar-refractivity contribution in [3.63, 3.8) is 0 Å². The summed E-state index contributed by atoms with van der Waals surface area (Å²) in [5.74, 6) is 0.605. The lowest BCUT2D eigenvalue weighted by molar-refractivity contribution is 0.203. The molecule has 1 aromatic rings. The van der Waals surface area contributed by atoms with Crippen molar-refractivity contribution in [2.45, 2.75) is 11.4 Å². The zero-order valence-electron chi connectivity index (χ0n) is 15.7. The van der Waals surface area contributed by atoms with Crippen LogP contribution < -0.4 is 10.6 Å². The van der Waals surface area contributed by atoms with Crippen LogP contribution in [0.1, 0.15) is 5.56 Å². The van der Waals surface area contributed by atoms with Gasteiger partial charge in [0, 0.05) is 53.4 Å². The molecule has 1 heterocycles. The molecule has 0 aromatic heterocycles. The zero-order valence-corrected chi connectivity index (χ0v) is 16.6. The third-order valence-electron chi connectivity index (χ3n) is 4.32. The van der Waals surface area contributed by atoms with E-state index < -0.39 is 10.0 Å². The van der Waals surface area contributed by atoms with Crippen molar-refractivity contribution in [2.75, 3.05) is 60.5 Å². The molecule has 1 aromatic carbocycles. The number of sulfonamides is 1. The highest BCUT2D eigenvalue weighted by atomic mass is 32.2. The number of benzene rings is 1. The van der Waals surface area contributed by atoms with Crippen molar-refractivity contribution in [3.8, 4) is 0 Å². The van der Waals surface area contributed by atoms with E-state index in [-0.39, 0.29) is 0 Å². The number of nitrogens with one attached hydrogen (secondary N) is 2. The number of hydrogen-bond acceptors (Lipinski definition) is 5. The summed E-state index contributed by atoms with van der Waals surface area (Å²) < 4.78 is 32.7. The molecular weight excluding hydrogens is 354 g/mol. The third-order valence-corrected chi connectivity index (χ3v) is 6.32. The van der Waals surface area contributed by atoms with Crippen molar-refractivity contribution in [1.82, 2.24) is 19.8 Å². The maximum Gasteiger partial charge on any atom is 0.243 e. The van der Waals surface area contributed by atoms with E-state index in [1.807, 2.05) is 19.2 Å². The number of nitrogens with zero attached hydrogens (tertiary/aromatic N) is 3. The standard InChI is InChI=1S/C17H29N5O3S/c1-18-17(19-8-13-25-3)20-14-15-6-4-5-7-16(15)26(23,24)22-11-9-21(2)10-12-22/h4-7H,8-14H2,1-3H3,(H2,18,19,20). The summed E-state index contributed by atoms with van der Waals surface area (Å²) in [5.41, 5.74) is 0.723. The Kier molecular flexibility index (Phi) is 7.83. The average Bonchev–Trinajstić information content (AvgIpc) is 2.65. The second-order valence-electron chi connectivity index (χ2n) is 6.16. The molecule has 1 saturated heterocycles. The Hall–Kier alpha value is -1.68. The van der Waals surface area contributed by atoms with Gasteiger partial charge in [-0.1, -0.05) is 18.2 Å². The number of hydrogen-bond donors (Lipinski definition) is 2. The van der Waals surface area contributed by atoms with Crippen LogP contribution in [0.15, 0.2) is 34.2 Å². The molecular formula is C17H29N5O3S. The van der Waals surface area contributed by atoms with Crippen molar-refractivity contribution >= 4 is 16.0 Å². The fraction of sp³-hybridized carbons (Fsp3) is 0.588. The van der Waals surface area contributed by atoms with Crippen LogP contribution in [0, 0.1) is 0 Å². The van der Waals surface area contributed by atoms with Gasteiger partial charge in [-0.15, -0.1) is 0 Å². The zero-order chi connectivity index (χ0) is 19.0. The third kappa shape index (κ3) is 5.41. The lowest BCUT2D eigenvalue weighted by Gasteiger charge is -2.32. The van der Waals surface area contributed by atoms with E-state index in [0.717, 1.165) is 18.7 Å². The first kappa shape index (κ1) is 20.6. The smallest absolute Gasteiger partial charge is 0.243 e. The summed E-state index contributed by atoms with van der Waals surface area (Å²) in [6, 6.07) is 7.11. The number of methoxy groups -OCH3 is 1. The van der Waals surface area contributed by atoms with Gasteiger partial charge in [0.1, 0.15) is 0 Å². The number of likely N-dealkylation sites (N-methyl/N-ethyl adjacent to an activating group) is 1. The van der Waals surface area contributed by atoms with Gasteiger partial charge in [-0.2, -0.15) is 4.31 Å². The second kappa shape index (κ2) is 9.86. The Labute approximate surface area is 156 Å². The van der Waals surface area contributed by atoms with Crippen LogP contribution in [-0.4, -0.2) is 84.1 Å². The molecule has 9 heteroatoms. The van der Waals surface area contributed by atoms with Crippen molar-refractivity contribution in [1.29, 1.82) is 0 Å². The normalized spacial score (nSPS) is 17.3. The molecule has 1 aliphatic rings. The van der Waals surface area contributed by atoms with Gasteiger partial charge < -0.3 is 20.3 Å². The fourth-order valence-electron chi connectivity index (χ4n) is 2.74. The summed E-state index contributed by atoms with van der Waals surface area (Å²) in [7, 11) is 1.81. The average molecular weight is 384 g/mol. The number of rotatable bonds is 7. The molecule has 146 valence electrons. The minimum Gasteiger partial charge on any atom is -0.383 e. The van der Waals surface area contributed by atoms with Crippen LogP contribution in [0.5, 0.6) is 0 Å². The molecule has 1 fully saturated rings. The molecule has 2 rings (SSSR count). The second-order valence-corrected chi connectivity index (χ2v) is 8.07. The van der Waals surface area contributed by atoms with Gasteiger partial charge in [-0.05, 0) is 18.7 Å². The minimum absolute atomic E-state index is 0.351. The summed E-state index contributed by atoms with van der Waals surface area (Å²) in [5, 5.41) is 6.27. The number of piperazine rings is 1. The first-order chi connectivity index (χ1) is 12.5. The van der Waals surface area contributed by atoms with E-state index in [1.165, 1.54) is 0 Å². The SMILES string of the molecule is CN=C(NCCOC)NCc1ccccc1S(=O)(=O)N1CCN(C)CC1. The molecule has 2 N–H and O–H groups in total. The van der Waals surface area contributed by atoms with Gasteiger partial charge in [-0.25, -0.2) is 8.42 Å². The first-order valence-electron chi connectivity index (χ1n) is 8.69. The van der Waals surface area contributed by atoms with E-state index >= 15 is 0 Å². The lowest BCUT2D eigenvalue weighted by Crippen LogP contribution is -2.47. The fourth-order valence-corrected chi connectivity index (χ4v) is 4.38. The van der Waals surface area contributed by atoms with Gasteiger partial charge in [-0.3, -0.25) is 4.99 Å². The predicted octanol–water partition coefficient (Wildman–Crippen LogP) is -0.0659. The van der Waals surface area contributed by atoms with E-state index in [2.05, 4.69) is 20.5 Å². The summed E-state index contributed by atoms with van der Waals surface area (Å²) in [6.07, 6.45) is 0. The number of aliphatic imine (C=N–C) groups is 1. The molecule has 1 aliphatic heterocycles. The summed E-state index contributed by atoms with van der Waals surface area (Å²) in [4.78, 5) is 6.62. The topological polar surface area (TPSA) is 86.3 Å². The lowest BCUT2D eigenvalue weighted by atomic mass is 10.2. The monoisotopic (exact) mass is 383 g/mol. The van der Waals surface area contributed by atoms with Crippen molar-refractivity contribution in [3.05, 3.63) is 29.8 Å². The maximum absolute atomic E-state index is 13.1. The highest BCUT2D eigenvalue weighted by Gasteiger charge is 2.29. The van der Waals surface area contributed by atoms with Crippen LogP contribution in [0.2, 0.25) is 0 Å². The molecule has 0 radical (unpaired) electrons. The first-order valence-corrected chi connectivity index (χ1v) is 10.1. The molecule has 0 aliphatic carbocycles. The van der Waals surface area contributed by atoms with Crippen molar-refractivity contribution in [2.24, 2.45) is 4.99 Å². The van der Waals surface area contributed by atoms with Gasteiger partial charge >= 0.3 is 0 Å². The Morgan fingerprint density at radius 2 is 1.88 bits per heavy atom. The van der Waals surface area contributed by atoms with Crippen LogP contribution in [0.4, 0.5) is 0 Å². The molecule has 8 nitrogen and oxygen atoms in total. The molecule has 0 amide bonds. The van der Waals surface area contributed by atoms with E-state index in [0.29, 0.717) is 43.6 Å². The summed E-state index contributed by atoms with van der Waals surface area (Å²) in [6.45, 7) is 4.08. The quantitative estimate of drug-likeness (QED) is 0.390. The Balaban J connectivity index is 2.09. The highest BCUT2D eigenvalue weighted by molar-refractivity contribution is 7.89. The van der Waals surface area contributed by atoms with Crippen LogP contribution in [0.3, 0.4) is 0 Å². The van der Waals surface area contributed by atoms with Gasteiger partial charge in [0.05, 0.1) is 11.5 Å². The molecule has 0 atom stereocenters. The van der Waals surface area contributed by atoms with Gasteiger partial charge in [0.15, 0.2) is 5.96 Å². The Bertz CT molecular complexity index is 700. The highest BCUT2D eigenvalue weighted by Crippen LogP contribution is 2.21. The van der Waals surface area contributed by atoms with Crippen LogP contribution in [0.25, 0.3) is 0 Å². The minimum atomic E-state index is -3.51. The van der Waals surface area contributed by atoms with E-state index in [9.17, 15) is 8.42 Å². The molecule has 26 heavy (non-hydrogen) atoms. The molecule has 0 unspecified atom stereocenters. The van der Waals surface area contributed by atoms with Gasteiger partial charge in [0.2, 0.25) is 10.0 Å².